The van der Waals surface area contributed by atoms with E-state index in [1.807, 2.05) is 18.7 Å². The number of hydrogen-bond acceptors (Lipinski definition) is 6. The van der Waals surface area contributed by atoms with Crippen molar-refractivity contribution < 1.29 is 17.9 Å². The van der Waals surface area contributed by atoms with E-state index in [0.717, 1.165) is 0 Å². The van der Waals surface area contributed by atoms with Gasteiger partial charge in [0.15, 0.2) is 0 Å². The van der Waals surface area contributed by atoms with Crippen LogP contribution in [0.2, 0.25) is 0 Å². The van der Waals surface area contributed by atoms with Gasteiger partial charge in [0, 0.05) is 25.4 Å². The number of hydrogen-bond donors (Lipinski definition) is 1. The van der Waals surface area contributed by atoms with Gasteiger partial charge >= 0.3 is 5.97 Å². The number of nitrogens with one attached hydrogen (secondary N) is 1. The van der Waals surface area contributed by atoms with Crippen LogP contribution in [0.15, 0.2) is 0 Å². The van der Waals surface area contributed by atoms with Crippen LogP contribution in [0, 0.1) is 0 Å². The minimum atomic E-state index is -2.99. The monoisotopic (exact) mass is 294 g/mol. The number of sulfone groups is 1. The van der Waals surface area contributed by atoms with Gasteiger partial charge < -0.3 is 15.0 Å². The Morgan fingerprint density at radius 1 is 1.37 bits per heavy atom. The van der Waals surface area contributed by atoms with Crippen molar-refractivity contribution in [3.05, 3.63) is 0 Å². The molecular weight excluding hydrogens is 268 g/mol. The topological polar surface area (TPSA) is 75.7 Å². The molecule has 0 heterocycles. The summed E-state index contributed by atoms with van der Waals surface area (Å²) in [4.78, 5) is 13.6. The highest BCUT2D eigenvalue weighted by atomic mass is 32.2. The number of carbonyl (C=O) groups is 1. The van der Waals surface area contributed by atoms with E-state index in [1.54, 1.807) is 14.0 Å². The molecule has 0 aliphatic rings. The first kappa shape index (κ1) is 18.3. The molecule has 0 aromatic heterocycles. The van der Waals surface area contributed by atoms with Crippen molar-refractivity contribution in [1.82, 2.24) is 10.2 Å². The predicted octanol–water partition coefficient (Wildman–Crippen LogP) is -0.107. The van der Waals surface area contributed by atoms with Crippen LogP contribution in [0.3, 0.4) is 0 Å². The van der Waals surface area contributed by atoms with Gasteiger partial charge in [-0.05, 0) is 14.0 Å². The van der Waals surface area contributed by atoms with Gasteiger partial charge in [-0.3, -0.25) is 4.79 Å². The quantitative estimate of drug-likeness (QED) is 0.598. The van der Waals surface area contributed by atoms with Crippen molar-refractivity contribution in [2.24, 2.45) is 0 Å². The first-order valence-corrected chi connectivity index (χ1v) is 8.50. The van der Waals surface area contributed by atoms with E-state index >= 15 is 0 Å². The van der Waals surface area contributed by atoms with Gasteiger partial charge in [0.25, 0.3) is 0 Å². The van der Waals surface area contributed by atoms with E-state index < -0.39 is 15.9 Å². The predicted molar refractivity (Wildman–Crippen MR) is 75.9 cm³/mol. The van der Waals surface area contributed by atoms with Crippen LogP contribution in [-0.4, -0.2) is 70.1 Å². The Kier molecular flexibility index (Phi) is 8.20. The second-order valence-corrected chi connectivity index (χ2v) is 7.28. The Morgan fingerprint density at radius 2 is 1.95 bits per heavy atom. The second kappa shape index (κ2) is 8.50. The highest BCUT2D eigenvalue weighted by molar-refractivity contribution is 7.90. The average molecular weight is 294 g/mol. The molecule has 0 radical (unpaired) electrons. The first-order chi connectivity index (χ1) is 8.65. The standard InChI is InChI=1S/C12H26N2O4S/c1-6-18-12(15)11(13-10(2)3)9-14(4)7-8-19(5,16)17/h10-11,13H,6-9H2,1-5H3. The van der Waals surface area contributed by atoms with E-state index in [4.69, 9.17) is 4.74 Å². The minimum absolute atomic E-state index is 0.0841. The van der Waals surface area contributed by atoms with Crippen LogP contribution < -0.4 is 5.32 Å². The zero-order valence-corrected chi connectivity index (χ0v) is 13.3. The van der Waals surface area contributed by atoms with E-state index in [1.165, 1.54) is 6.26 Å². The Hall–Kier alpha value is -0.660. The number of likely N-dealkylation sites (N-methyl/N-ethyl adjacent to an activating group) is 1. The Balaban J connectivity index is 4.41. The summed E-state index contributed by atoms with van der Waals surface area (Å²) in [6, 6.07) is -0.290. The molecule has 0 aromatic rings. The minimum Gasteiger partial charge on any atom is -0.465 e. The molecule has 1 atom stereocenters. The van der Waals surface area contributed by atoms with Crippen LogP contribution >= 0.6 is 0 Å². The number of esters is 1. The van der Waals surface area contributed by atoms with Crippen molar-refractivity contribution in [1.29, 1.82) is 0 Å². The van der Waals surface area contributed by atoms with Gasteiger partial charge in [0.05, 0.1) is 12.4 Å². The number of nitrogens with zero attached hydrogens (tertiary/aromatic N) is 1. The largest absolute Gasteiger partial charge is 0.465 e. The van der Waals surface area contributed by atoms with Crippen LogP contribution in [0.1, 0.15) is 20.8 Å². The third-order valence-electron chi connectivity index (χ3n) is 2.44. The summed E-state index contributed by atoms with van der Waals surface area (Å²) in [5.41, 5.74) is 0. The van der Waals surface area contributed by atoms with E-state index in [-0.39, 0.29) is 17.8 Å². The van der Waals surface area contributed by atoms with Crippen molar-refractivity contribution in [2.75, 3.05) is 38.8 Å². The summed E-state index contributed by atoms with van der Waals surface area (Å²) in [6.07, 6.45) is 1.20. The smallest absolute Gasteiger partial charge is 0.324 e. The lowest BCUT2D eigenvalue weighted by Crippen LogP contribution is -2.49. The summed E-state index contributed by atoms with van der Waals surface area (Å²) in [5, 5.41) is 3.13. The Morgan fingerprint density at radius 3 is 2.37 bits per heavy atom. The molecule has 0 aromatic carbocycles. The molecule has 0 spiro atoms. The maximum absolute atomic E-state index is 11.8. The van der Waals surface area contributed by atoms with Gasteiger partial charge in [-0.25, -0.2) is 8.42 Å². The lowest BCUT2D eigenvalue weighted by Gasteiger charge is -2.25. The molecule has 114 valence electrons. The van der Waals surface area contributed by atoms with Crippen molar-refractivity contribution in [3.8, 4) is 0 Å². The highest BCUT2D eigenvalue weighted by Crippen LogP contribution is 1.97. The van der Waals surface area contributed by atoms with Crippen molar-refractivity contribution >= 4 is 15.8 Å². The zero-order chi connectivity index (χ0) is 15.1. The highest BCUT2D eigenvalue weighted by Gasteiger charge is 2.22. The Labute approximate surface area is 116 Å². The van der Waals surface area contributed by atoms with Gasteiger partial charge in [0.1, 0.15) is 15.9 Å². The zero-order valence-electron chi connectivity index (χ0n) is 12.5. The molecule has 6 nitrogen and oxygen atoms in total. The summed E-state index contributed by atoms with van der Waals surface area (Å²) < 4.78 is 27.2. The molecule has 0 saturated carbocycles. The summed E-state index contributed by atoms with van der Waals surface area (Å²) in [6.45, 7) is 6.81. The molecule has 0 saturated heterocycles. The maximum Gasteiger partial charge on any atom is 0.324 e. The lowest BCUT2D eigenvalue weighted by atomic mass is 10.2. The van der Waals surface area contributed by atoms with Gasteiger partial charge in [0.2, 0.25) is 0 Å². The molecule has 0 amide bonds. The van der Waals surface area contributed by atoms with Crippen molar-refractivity contribution in [3.63, 3.8) is 0 Å². The molecule has 19 heavy (non-hydrogen) atoms. The normalized spacial score (nSPS) is 13.8. The third-order valence-corrected chi connectivity index (χ3v) is 3.37. The fourth-order valence-electron chi connectivity index (χ4n) is 1.57. The summed E-state index contributed by atoms with van der Waals surface area (Å²) in [5.74, 6) is -0.219. The first-order valence-electron chi connectivity index (χ1n) is 6.44. The average Bonchev–Trinajstić information content (AvgIpc) is 2.24. The second-order valence-electron chi connectivity index (χ2n) is 5.02. The molecule has 0 rings (SSSR count). The summed E-state index contributed by atoms with van der Waals surface area (Å²) >= 11 is 0. The van der Waals surface area contributed by atoms with Gasteiger partial charge in [-0.1, -0.05) is 13.8 Å². The van der Waals surface area contributed by atoms with E-state index in [0.29, 0.717) is 19.7 Å². The SMILES string of the molecule is CCOC(=O)C(CN(C)CCS(C)(=O)=O)NC(C)C. The van der Waals surface area contributed by atoms with Crippen LogP contribution in [-0.2, 0) is 19.4 Å². The van der Waals surface area contributed by atoms with E-state index in [2.05, 4.69) is 5.32 Å². The number of carbonyl (C=O) groups excluding carboxylic acids is 1. The fraction of sp³-hybridized carbons (Fsp3) is 0.917. The molecule has 0 fully saturated rings. The van der Waals surface area contributed by atoms with Crippen LogP contribution in [0.4, 0.5) is 0 Å². The molecular formula is C12H26N2O4S. The molecule has 1 N–H and O–H groups in total. The maximum atomic E-state index is 11.8. The molecule has 0 aliphatic carbocycles. The molecule has 0 bridgehead atoms. The number of rotatable bonds is 9. The molecule has 1 unspecified atom stereocenters. The number of ether oxygens (including phenoxy) is 1. The summed E-state index contributed by atoms with van der Waals surface area (Å²) in [7, 11) is -1.20. The van der Waals surface area contributed by atoms with Gasteiger partial charge in [-0.2, -0.15) is 0 Å². The van der Waals surface area contributed by atoms with Gasteiger partial charge in [-0.15, -0.1) is 0 Å². The van der Waals surface area contributed by atoms with Crippen molar-refractivity contribution in [2.45, 2.75) is 32.9 Å². The molecule has 7 heteroatoms. The fourth-order valence-corrected chi connectivity index (χ4v) is 2.21. The third kappa shape index (κ3) is 9.86. The Bertz CT molecular complexity index is 368. The van der Waals surface area contributed by atoms with Crippen LogP contribution in [0.5, 0.6) is 0 Å². The molecule has 0 aliphatic heterocycles. The van der Waals surface area contributed by atoms with Crippen LogP contribution in [0.25, 0.3) is 0 Å². The lowest BCUT2D eigenvalue weighted by molar-refractivity contribution is -0.146. The van der Waals surface area contributed by atoms with E-state index in [9.17, 15) is 13.2 Å².